The van der Waals surface area contributed by atoms with Crippen LogP contribution in [-0.2, 0) is 0 Å². The number of nitrogens with zero attached hydrogens (tertiary/aromatic N) is 2. The highest BCUT2D eigenvalue weighted by atomic mass is 79.9. The number of hydrogen-bond donors (Lipinski definition) is 0. The van der Waals surface area contributed by atoms with E-state index in [2.05, 4.69) is 20.8 Å². The second-order valence-corrected chi connectivity index (χ2v) is 6.60. The molecule has 1 atom stereocenters. The molecule has 2 saturated heterocycles. The molecule has 0 aromatic heterocycles. The largest absolute Gasteiger partial charge is 0.337 e. The van der Waals surface area contributed by atoms with Crippen molar-refractivity contribution in [3.63, 3.8) is 0 Å². The molecule has 0 N–H and O–H groups in total. The van der Waals surface area contributed by atoms with Gasteiger partial charge in [0.1, 0.15) is 17.2 Å². The van der Waals surface area contributed by atoms with Crippen LogP contribution in [0.5, 0.6) is 0 Å². The molecular formula is C15H17BrF2N2O. The van der Waals surface area contributed by atoms with Gasteiger partial charge in [0.2, 0.25) is 0 Å². The van der Waals surface area contributed by atoms with Gasteiger partial charge in [-0.05, 0) is 44.5 Å². The Labute approximate surface area is 131 Å². The molecule has 3 nitrogen and oxygen atoms in total. The summed E-state index contributed by atoms with van der Waals surface area (Å²) in [5, 5.41) is 0. The number of likely N-dealkylation sites (tertiary alicyclic amines) is 2. The Morgan fingerprint density at radius 2 is 1.76 bits per heavy atom. The Kier molecular flexibility index (Phi) is 4.26. The molecule has 1 unspecified atom stereocenters. The molecule has 0 saturated carbocycles. The van der Waals surface area contributed by atoms with Gasteiger partial charge in [0.05, 0.1) is 0 Å². The SMILES string of the molecule is O=C(c1c(F)cc(Br)cc1F)N1CCC(N2CCCC2)C1. The Morgan fingerprint density at radius 3 is 2.38 bits per heavy atom. The van der Waals surface area contributed by atoms with E-state index >= 15 is 0 Å². The van der Waals surface area contributed by atoms with Gasteiger partial charge in [-0.25, -0.2) is 8.78 Å². The lowest BCUT2D eigenvalue weighted by Crippen LogP contribution is -2.37. The van der Waals surface area contributed by atoms with Crippen LogP contribution in [0.4, 0.5) is 8.78 Å². The summed E-state index contributed by atoms with van der Waals surface area (Å²) >= 11 is 3.02. The van der Waals surface area contributed by atoms with E-state index in [0.717, 1.165) is 31.6 Å². The van der Waals surface area contributed by atoms with Crippen LogP contribution in [0.1, 0.15) is 29.6 Å². The highest BCUT2D eigenvalue weighted by Crippen LogP contribution is 2.25. The lowest BCUT2D eigenvalue weighted by atomic mass is 10.1. The first kappa shape index (κ1) is 14.9. The standard InChI is InChI=1S/C15H17BrF2N2O/c16-10-7-12(17)14(13(18)8-10)15(21)20-6-3-11(9-20)19-4-1-2-5-19/h7-8,11H,1-6,9H2. The van der Waals surface area contributed by atoms with Crippen molar-refractivity contribution in [1.29, 1.82) is 0 Å². The number of benzene rings is 1. The van der Waals surface area contributed by atoms with E-state index in [-0.39, 0.29) is 0 Å². The molecule has 3 rings (SSSR count). The zero-order valence-corrected chi connectivity index (χ0v) is 13.2. The molecule has 0 bridgehead atoms. The fourth-order valence-electron chi connectivity index (χ4n) is 3.24. The zero-order chi connectivity index (χ0) is 15.0. The average Bonchev–Trinajstić information content (AvgIpc) is 3.08. The number of carbonyl (C=O) groups excluding carboxylic acids is 1. The van der Waals surface area contributed by atoms with Gasteiger partial charge in [-0.1, -0.05) is 15.9 Å². The van der Waals surface area contributed by atoms with Crippen molar-refractivity contribution in [2.24, 2.45) is 0 Å². The quantitative estimate of drug-likeness (QED) is 0.811. The van der Waals surface area contributed by atoms with Crippen LogP contribution < -0.4 is 0 Å². The molecule has 2 aliphatic heterocycles. The minimum Gasteiger partial charge on any atom is -0.337 e. The number of carbonyl (C=O) groups is 1. The minimum atomic E-state index is -0.809. The van der Waals surface area contributed by atoms with E-state index in [1.54, 1.807) is 4.90 Å². The summed E-state index contributed by atoms with van der Waals surface area (Å²) in [7, 11) is 0. The van der Waals surface area contributed by atoms with Gasteiger partial charge in [-0.2, -0.15) is 0 Å². The lowest BCUT2D eigenvalue weighted by molar-refractivity contribution is 0.0770. The summed E-state index contributed by atoms with van der Waals surface area (Å²) in [4.78, 5) is 16.3. The summed E-state index contributed by atoms with van der Waals surface area (Å²) in [5.41, 5.74) is -0.444. The van der Waals surface area contributed by atoms with Gasteiger partial charge in [0.25, 0.3) is 5.91 Å². The molecule has 6 heteroatoms. The second-order valence-electron chi connectivity index (χ2n) is 5.68. The van der Waals surface area contributed by atoms with Gasteiger partial charge in [-0.15, -0.1) is 0 Å². The Hall–Kier alpha value is -1.01. The third-order valence-electron chi connectivity index (χ3n) is 4.33. The smallest absolute Gasteiger partial charge is 0.259 e. The summed E-state index contributed by atoms with van der Waals surface area (Å²) < 4.78 is 28.1. The molecule has 2 aliphatic rings. The maximum Gasteiger partial charge on any atom is 0.259 e. The Morgan fingerprint density at radius 1 is 1.14 bits per heavy atom. The summed E-state index contributed by atoms with van der Waals surface area (Å²) in [6.45, 7) is 3.25. The highest BCUT2D eigenvalue weighted by molar-refractivity contribution is 9.10. The second kappa shape index (κ2) is 6.01. The van der Waals surface area contributed by atoms with Crippen molar-refractivity contribution in [3.8, 4) is 0 Å². The van der Waals surface area contributed by atoms with Gasteiger partial charge in [-0.3, -0.25) is 9.69 Å². The normalized spacial score (nSPS) is 23.0. The summed E-state index contributed by atoms with van der Waals surface area (Å²) in [6.07, 6.45) is 3.27. The maximum absolute atomic E-state index is 13.9. The third kappa shape index (κ3) is 2.97. The molecule has 0 radical (unpaired) electrons. The van der Waals surface area contributed by atoms with Gasteiger partial charge in [0, 0.05) is 23.6 Å². The first-order valence-corrected chi connectivity index (χ1v) is 8.03. The van der Waals surface area contributed by atoms with Crippen molar-refractivity contribution in [2.75, 3.05) is 26.2 Å². The van der Waals surface area contributed by atoms with E-state index in [4.69, 9.17) is 0 Å². The first-order valence-electron chi connectivity index (χ1n) is 7.24. The van der Waals surface area contributed by atoms with E-state index in [0.29, 0.717) is 23.6 Å². The van der Waals surface area contributed by atoms with Crippen molar-refractivity contribution >= 4 is 21.8 Å². The van der Waals surface area contributed by atoms with Crippen molar-refractivity contribution < 1.29 is 13.6 Å². The van der Waals surface area contributed by atoms with Crippen LogP contribution in [0.15, 0.2) is 16.6 Å². The van der Waals surface area contributed by atoms with Crippen molar-refractivity contribution in [2.45, 2.75) is 25.3 Å². The topological polar surface area (TPSA) is 23.6 Å². The lowest BCUT2D eigenvalue weighted by Gasteiger charge is -2.23. The molecule has 1 aromatic rings. The molecular weight excluding hydrogens is 342 g/mol. The number of rotatable bonds is 2. The van der Waals surface area contributed by atoms with Crippen LogP contribution in [-0.4, -0.2) is 47.9 Å². The van der Waals surface area contributed by atoms with Crippen LogP contribution >= 0.6 is 15.9 Å². The Balaban J connectivity index is 1.74. The van der Waals surface area contributed by atoms with E-state index in [9.17, 15) is 13.6 Å². The zero-order valence-electron chi connectivity index (χ0n) is 11.6. The predicted octanol–water partition coefficient (Wildman–Crippen LogP) is 3.04. The predicted molar refractivity (Wildman–Crippen MR) is 79.2 cm³/mol. The maximum atomic E-state index is 13.9. The fourth-order valence-corrected chi connectivity index (χ4v) is 3.64. The van der Waals surface area contributed by atoms with Gasteiger partial charge < -0.3 is 4.90 Å². The summed E-state index contributed by atoms with van der Waals surface area (Å²) in [6, 6.07) is 2.59. The summed E-state index contributed by atoms with van der Waals surface area (Å²) in [5.74, 6) is -2.16. The molecule has 0 spiro atoms. The van der Waals surface area contributed by atoms with Gasteiger partial charge >= 0.3 is 0 Å². The average molecular weight is 359 g/mol. The molecule has 1 aromatic carbocycles. The fraction of sp³-hybridized carbons (Fsp3) is 0.533. The van der Waals surface area contributed by atoms with Crippen molar-refractivity contribution in [1.82, 2.24) is 9.80 Å². The molecule has 0 aliphatic carbocycles. The number of halogens is 3. The minimum absolute atomic E-state index is 0.297. The molecule has 114 valence electrons. The molecule has 2 heterocycles. The third-order valence-corrected chi connectivity index (χ3v) is 4.79. The van der Waals surface area contributed by atoms with E-state index in [1.807, 2.05) is 0 Å². The van der Waals surface area contributed by atoms with Crippen LogP contribution in [0.3, 0.4) is 0 Å². The van der Waals surface area contributed by atoms with Crippen LogP contribution in [0.2, 0.25) is 0 Å². The van der Waals surface area contributed by atoms with E-state index < -0.39 is 23.1 Å². The van der Waals surface area contributed by atoms with Crippen LogP contribution in [0.25, 0.3) is 0 Å². The number of hydrogen-bond acceptors (Lipinski definition) is 2. The molecule has 1 amide bonds. The first-order chi connectivity index (χ1) is 10.1. The van der Waals surface area contributed by atoms with Crippen molar-refractivity contribution in [3.05, 3.63) is 33.8 Å². The molecule has 21 heavy (non-hydrogen) atoms. The van der Waals surface area contributed by atoms with Gasteiger partial charge in [0.15, 0.2) is 0 Å². The number of amides is 1. The van der Waals surface area contributed by atoms with E-state index in [1.165, 1.54) is 12.8 Å². The van der Waals surface area contributed by atoms with Crippen LogP contribution in [0, 0.1) is 11.6 Å². The monoisotopic (exact) mass is 358 g/mol. The Bertz CT molecular complexity index is 538. The molecule has 2 fully saturated rings. The highest BCUT2D eigenvalue weighted by Gasteiger charge is 2.33.